The van der Waals surface area contributed by atoms with Crippen LogP contribution in [0, 0.1) is 0 Å². The van der Waals surface area contributed by atoms with Crippen molar-refractivity contribution >= 4 is 35.1 Å². The van der Waals surface area contributed by atoms with Crippen LogP contribution >= 0.6 is 12.4 Å². The fourth-order valence-corrected chi connectivity index (χ4v) is 2.35. The summed E-state index contributed by atoms with van der Waals surface area (Å²) in [7, 11) is 3.25. The van der Waals surface area contributed by atoms with Gasteiger partial charge in [-0.15, -0.1) is 12.4 Å². The van der Waals surface area contributed by atoms with E-state index < -0.39 is 0 Å². The number of nitrogens with zero attached hydrogens (tertiary/aromatic N) is 2. The van der Waals surface area contributed by atoms with E-state index in [9.17, 15) is 0 Å². The molecular weight excluding hydrogens is 328 g/mol. The van der Waals surface area contributed by atoms with Gasteiger partial charge in [-0.25, -0.2) is 4.98 Å². The molecule has 0 aliphatic carbocycles. The fourth-order valence-electron chi connectivity index (χ4n) is 2.35. The number of hydrogen-bond acceptors (Lipinski definition) is 6. The molecule has 3 N–H and O–H groups in total. The molecule has 0 saturated carbocycles. The highest BCUT2D eigenvalue weighted by Gasteiger charge is 2.08. The van der Waals surface area contributed by atoms with Crippen molar-refractivity contribution in [1.29, 1.82) is 0 Å². The Kier molecular flexibility index (Phi) is 5.65. The van der Waals surface area contributed by atoms with Crippen molar-refractivity contribution in [1.82, 2.24) is 9.97 Å². The Labute approximate surface area is 146 Å². The van der Waals surface area contributed by atoms with E-state index in [1.807, 2.05) is 42.5 Å². The minimum Gasteiger partial charge on any atom is -0.497 e. The minimum absolute atomic E-state index is 0. The van der Waals surface area contributed by atoms with Crippen LogP contribution in [-0.4, -0.2) is 24.2 Å². The molecule has 3 aromatic rings. The lowest BCUT2D eigenvalue weighted by Gasteiger charge is -2.12. The lowest BCUT2D eigenvalue weighted by molar-refractivity contribution is 0.391. The van der Waals surface area contributed by atoms with E-state index in [1.54, 1.807) is 14.2 Å². The average Bonchev–Trinajstić information content (AvgIpc) is 2.60. The Hall–Kier alpha value is -2.73. The van der Waals surface area contributed by atoms with Gasteiger partial charge in [-0.1, -0.05) is 12.1 Å². The second kappa shape index (κ2) is 7.70. The molecule has 3 rings (SSSR count). The summed E-state index contributed by atoms with van der Waals surface area (Å²) in [5.74, 6) is 2.43. The van der Waals surface area contributed by atoms with Gasteiger partial charge in [0.2, 0.25) is 5.95 Å². The van der Waals surface area contributed by atoms with Crippen molar-refractivity contribution in [2.45, 2.75) is 6.54 Å². The molecule has 24 heavy (non-hydrogen) atoms. The highest BCUT2D eigenvalue weighted by atomic mass is 35.5. The van der Waals surface area contributed by atoms with Crippen molar-refractivity contribution in [3.63, 3.8) is 0 Å². The highest BCUT2D eigenvalue weighted by molar-refractivity contribution is 5.88. The first-order valence-electron chi connectivity index (χ1n) is 7.18. The number of anilines is 2. The van der Waals surface area contributed by atoms with Crippen LogP contribution in [0.15, 0.2) is 42.5 Å². The molecule has 0 bridgehead atoms. The standard InChI is InChI=1S/C17H18N4O2.ClH/c1-22-12-8-7-11(15(9-12)23-2)10-19-17-20-14-6-4-3-5-13(14)16(18)21-17;/h3-9H,10H2,1-2H3,(H3,18,19,20,21);1H. The third kappa shape index (κ3) is 3.60. The first-order valence-corrected chi connectivity index (χ1v) is 7.18. The van der Waals surface area contributed by atoms with E-state index in [1.165, 1.54) is 0 Å². The van der Waals surface area contributed by atoms with Gasteiger partial charge in [0.05, 0.1) is 19.7 Å². The molecule has 0 atom stereocenters. The maximum atomic E-state index is 5.99. The van der Waals surface area contributed by atoms with Crippen molar-refractivity contribution in [3.8, 4) is 11.5 Å². The van der Waals surface area contributed by atoms with Crippen LogP contribution in [0.4, 0.5) is 11.8 Å². The number of nitrogens with one attached hydrogen (secondary N) is 1. The molecule has 0 fully saturated rings. The molecule has 7 heteroatoms. The number of methoxy groups -OCH3 is 2. The summed E-state index contributed by atoms with van der Waals surface area (Å²) in [5.41, 5.74) is 7.77. The van der Waals surface area contributed by atoms with Gasteiger partial charge in [-0.3, -0.25) is 0 Å². The number of benzene rings is 2. The van der Waals surface area contributed by atoms with E-state index in [4.69, 9.17) is 15.2 Å². The molecule has 0 amide bonds. The Bertz CT molecular complexity index is 842. The molecule has 126 valence electrons. The van der Waals surface area contributed by atoms with E-state index in [-0.39, 0.29) is 12.4 Å². The quantitative estimate of drug-likeness (QED) is 0.737. The molecule has 0 saturated heterocycles. The predicted octanol–water partition coefficient (Wildman–Crippen LogP) is 3.26. The molecule has 0 aliphatic heterocycles. The van der Waals surface area contributed by atoms with Crippen molar-refractivity contribution in [2.24, 2.45) is 0 Å². The van der Waals surface area contributed by atoms with Gasteiger partial charge >= 0.3 is 0 Å². The number of fused-ring (bicyclic) bond motifs is 1. The molecule has 6 nitrogen and oxygen atoms in total. The second-order valence-electron chi connectivity index (χ2n) is 4.98. The largest absolute Gasteiger partial charge is 0.497 e. The Morgan fingerprint density at radius 2 is 1.83 bits per heavy atom. The van der Waals surface area contributed by atoms with Crippen molar-refractivity contribution < 1.29 is 9.47 Å². The molecule has 1 heterocycles. The van der Waals surface area contributed by atoms with Gasteiger partial charge < -0.3 is 20.5 Å². The second-order valence-corrected chi connectivity index (χ2v) is 4.98. The summed E-state index contributed by atoms with van der Waals surface area (Å²) in [6.45, 7) is 0.519. The van der Waals surface area contributed by atoms with Gasteiger partial charge in [0.15, 0.2) is 0 Å². The minimum atomic E-state index is 0. The summed E-state index contributed by atoms with van der Waals surface area (Å²) < 4.78 is 10.6. The van der Waals surface area contributed by atoms with Crippen LogP contribution in [0.25, 0.3) is 10.9 Å². The van der Waals surface area contributed by atoms with Gasteiger partial charge in [0.1, 0.15) is 17.3 Å². The number of nitrogens with two attached hydrogens (primary N) is 1. The average molecular weight is 347 g/mol. The van der Waals surface area contributed by atoms with Crippen LogP contribution in [-0.2, 0) is 6.54 Å². The van der Waals surface area contributed by atoms with E-state index >= 15 is 0 Å². The number of nitrogen functional groups attached to an aromatic ring is 1. The lowest BCUT2D eigenvalue weighted by atomic mass is 10.2. The predicted molar refractivity (Wildman–Crippen MR) is 98.1 cm³/mol. The number of aromatic nitrogens is 2. The maximum Gasteiger partial charge on any atom is 0.225 e. The fraction of sp³-hybridized carbons (Fsp3) is 0.176. The summed E-state index contributed by atoms with van der Waals surface area (Å²) in [6, 6.07) is 13.3. The van der Waals surface area contributed by atoms with Crippen LogP contribution in [0.3, 0.4) is 0 Å². The van der Waals surface area contributed by atoms with Crippen molar-refractivity contribution in [2.75, 3.05) is 25.3 Å². The highest BCUT2D eigenvalue weighted by Crippen LogP contribution is 2.25. The van der Waals surface area contributed by atoms with Gasteiger partial charge in [0, 0.05) is 23.6 Å². The zero-order valence-corrected chi connectivity index (χ0v) is 14.3. The molecule has 2 aromatic carbocycles. The zero-order valence-electron chi connectivity index (χ0n) is 13.4. The number of para-hydroxylation sites is 1. The van der Waals surface area contributed by atoms with Crippen LogP contribution < -0.4 is 20.5 Å². The SMILES string of the molecule is COc1ccc(CNc2nc(N)c3ccccc3n2)c(OC)c1.Cl. The van der Waals surface area contributed by atoms with Gasteiger partial charge in [-0.2, -0.15) is 4.98 Å². The molecule has 0 spiro atoms. The van der Waals surface area contributed by atoms with Crippen LogP contribution in [0.5, 0.6) is 11.5 Å². The van der Waals surface area contributed by atoms with Gasteiger partial charge in [0.25, 0.3) is 0 Å². The lowest BCUT2D eigenvalue weighted by Crippen LogP contribution is -2.07. The number of ether oxygens (including phenoxy) is 2. The molecule has 0 aliphatic rings. The van der Waals surface area contributed by atoms with E-state index in [0.717, 1.165) is 28.0 Å². The third-order valence-corrected chi connectivity index (χ3v) is 3.56. The topological polar surface area (TPSA) is 82.3 Å². The van der Waals surface area contributed by atoms with Crippen molar-refractivity contribution in [3.05, 3.63) is 48.0 Å². The summed E-state index contributed by atoms with van der Waals surface area (Å²) in [5, 5.41) is 4.03. The monoisotopic (exact) mass is 346 g/mol. The van der Waals surface area contributed by atoms with Crippen LogP contribution in [0.1, 0.15) is 5.56 Å². The number of halogens is 1. The number of rotatable bonds is 5. The van der Waals surface area contributed by atoms with Crippen LogP contribution in [0.2, 0.25) is 0 Å². The zero-order chi connectivity index (χ0) is 16.2. The van der Waals surface area contributed by atoms with E-state index in [0.29, 0.717) is 18.3 Å². The third-order valence-electron chi connectivity index (χ3n) is 3.56. The Balaban J connectivity index is 0.00000208. The number of hydrogen-bond donors (Lipinski definition) is 2. The van der Waals surface area contributed by atoms with E-state index in [2.05, 4.69) is 15.3 Å². The van der Waals surface area contributed by atoms with Gasteiger partial charge in [-0.05, 0) is 24.3 Å². The summed E-state index contributed by atoms with van der Waals surface area (Å²) in [6.07, 6.45) is 0. The first-order chi connectivity index (χ1) is 11.2. The first kappa shape index (κ1) is 17.6. The molecule has 0 radical (unpaired) electrons. The Morgan fingerprint density at radius 3 is 2.58 bits per heavy atom. The Morgan fingerprint density at radius 1 is 1.04 bits per heavy atom. The smallest absolute Gasteiger partial charge is 0.225 e. The normalized spacial score (nSPS) is 10.1. The molecule has 0 unspecified atom stereocenters. The summed E-state index contributed by atoms with van der Waals surface area (Å²) in [4.78, 5) is 8.77. The molecule has 1 aromatic heterocycles. The molecular formula is C17H19ClN4O2. The maximum absolute atomic E-state index is 5.99. The summed E-state index contributed by atoms with van der Waals surface area (Å²) >= 11 is 0.